The van der Waals surface area contributed by atoms with Crippen molar-refractivity contribution in [2.45, 2.75) is 6.61 Å². The molecule has 2 heterocycles. The van der Waals surface area contributed by atoms with E-state index in [4.69, 9.17) is 21.1 Å². The van der Waals surface area contributed by atoms with Crippen LogP contribution in [0.3, 0.4) is 0 Å². The minimum atomic E-state index is -0.377. The zero-order valence-corrected chi connectivity index (χ0v) is 19.9. The summed E-state index contributed by atoms with van der Waals surface area (Å²) in [5.41, 5.74) is 1.08. The van der Waals surface area contributed by atoms with Crippen LogP contribution in [0.15, 0.2) is 48.5 Å². The highest BCUT2D eigenvalue weighted by Gasteiger charge is 2.15. The standard InChI is InChI=1S/C23H24ClN5O4S/c24-17-3-7-19(8-4-17)33-15-20-27-28-23(34-20)22(31)26-18-5-1-16(2-6-18)21(30)25-9-10-29-11-13-32-14-12-29/h1-8H,9-15H2,(H,25,30)(H,26,31). The third kappa shape index (κ3) is 6.97. The maximum Gasteiger partial charge on any atom is 0.286 e. The molecule has 1 saturated heterocycles. The molecule has 1 aliphatic heterocycles. The Kier molecular flexibility index (Phi) is 8.42. The zero-order valence-electron chi connectivity index (χ0n) is 18.3. The maximum absolute atomic E-state index is 12.5. The highest BCUT2D eigenvalue weighted by atomic mass is 35.5. The van der Waals surface area contributed by atoms with Crippen molar-refractivity contribution >= 4 is 40.4 Å². The van der Waals surface area contributed by atoms with Crippen molar-refractivity contribution in [3.05, 3.63) is 69.1 Å². The number of nitrogens with one attached hydrogen (secondary N) is 2. The predicted octanol–water partition coefficient (Wildman–Crippen LogP) is 3.08. The summed E-state index contributed by atoms with van der Waals surface area (Å²) in [6, 6.07) is 13.7. The van der Waals surface area contributed by atoms with Crippen LogP contribution in [0.1, 0.15) is 25.2 Å². The molecular formula is C23H24ClN5O4S. The molecule has 0 saturated carbocycles. The molecule has 1 fully saturated rings. The number of carbonyl (C=O) groups is 2. The first-order chi connectivity index (χ1) is 16.6. The molecular weight excluding hydrogens is 478 g/mol. The van der Waals surface area contributed by atoms with Gasteiger partial charge in [-0.15, -0.1) is 10.2 Å². The topological polar surface area (TPSA) is 106 Å². The molecule has 0 unspecified atom stereocenters. The number of anilines is 1. The number of morpholine rings is 1. The quantitative estimate of drug-likeness (QED) is 0.464. The summed E-state index contributed by atoms with van der Waals surface area (Å²) in [4.78, 5) is 27.1. The Morgan fingerprint density at radius 1 is 1.03 bits per heavy atom. The average molecular weight is 502 g/mol. The molecule has 0 aliphatic carbocycles. The minimum Gasteiger partial charge on any atom is -0.486 e. The lowest BCUT2D eigenvalue weighted by Gasteiger charge is -2.26. The molecule has 0 bridgehead atoms. The van der Waals surface area contributed by atoms with Crippen LogP contribution in [-0.4, -0.2) is 66.3 Å². The van der Waals surface area contributed by atoms with E-state index < -0.39 is 0 Å². The summed E-state index contributed by atoms with van der Waals surface area (Å²) in [6.45, 7) is 4.79. The smallest absolute Gasteiger partial charge is 0.286 e. The van der Waals surface area contributed by atoms with Gasteiger partial charge in [-0.3, -0.25) is 14.5 Å². The number of carbonyl (C=O) groups excluding carboxylic acids is 2. The Hall–Kier alpha value is -3.05. The SMILES string of the molecule is O=C(NCCN1CCOCC1)c1ccc(NC(=O)c2nnc(COc3ccc(Cl)cc3)s2)cc1. The highest BCUT2D eigenvalue weighted by Crippen LogP contribution is 2.19. The molecule has 3 aromatic rings. The predicted molar refractivity (Wildman–Crippen MR) is 130 cm³/mol. The van der Waals surface area contributed by atoms with E-state index in [1.165, 1.54) is 0 Å². The van der Waals surface area contributed by atoms with E-state index in [1.807, 2.05) is 0 Å². The lowest BCUT2D eigenvalue weighted by molar-refractivity contribution is 0.0383. The number of hydrogen-bond donors (Lipinski definition) is 2. The summed E-state index contributed by atoms with van der Waals surface area (Å²) < 4.78 is 10.9. The van der Waals surface area contributed by atoms with E-state index in [9.17, 15) is 9.59 Å². The Balaban J connectivity index is 1.23. The van der Waals surface area contributed by atoms with Crippen LogP contribution < -0.4 is 15.4 Å². The third-order valence-electron chi connectivity index (χ3n) is 5.06. The fourth-order valence-electron chi connectivity index (χ4n) is 3.22. The number of halogens is 1. The number of ether oxygens (including phenoxy) is 2. The average Bonchev–Trinajstić information content (AvgIpc) is 3.34. The minimum absolute atomic E-state index is 0.152. The molecule has 4 rings (SSSR count). The first-order valence-electron chi connectivity index (χ1n) is 10.8. The third-order valence-corrected chi connectivity index (χ3v) is 6.21. The lowest BCUT2D eigenvalue weighted by atomic mass is 10.2. The second-order valence-electron chi connectivity index (χ2n) is 7.48. The normalized spacial score (nSPS) is 13.9. The van der Waals surface area contributed by atoms with E-state index in [0.717, 1.165) is 44.2 Å². The van der Waals surface area contributed by atoms with Gasteiger partial charge in [-0.05, 0) is 48.5 Å². The molecule has 1 aliphatic rings. The van der Waals surface area contributed by atoms with Crippen molar-refractivity contribution in [2.24, 2.45) is 0 Å². The van der Waals surface area contributed by atoms with Crippen LogP contribution in [0, 0.1) is 0 Å². The van der Waals surface area contributed by atoms with Gasteiger partial charge in [0.15, 0.2) is 5.01 Å². The fourth-order valence-corrected chi connectivity index (χ4v) is 4.00. The molecule has 1 aromatic heterocycles. The number of amides is 2. The van der Waals surface area contributed by atoms with Gasteiger partial charge in [0.05, 0.1) is 13.2 Å². The number of benzene rings is 2. The van der Waals surface area contributed by atoms with Gasteiger partial charge in [0, 0.05) is 42.5 Å². The van der Waals surface area contributed by atoms with Crippen LogP contribution >= 0.6 is 22.9 Å². The molecule has 2 amide bonds. The number of rotatable bonds is 9. The van der Waals surface area contributed by atoms with Crippen molar-refractivity contribution < 1.29 is 19.1 Å². The molecule has 11 heteroatoms. The Morgan fingerprint density at radius 2 is 1.76 bits per heavy atom. The largest absolute Gasteiger partial charge is 0.486 e. The van der Waals surface area contributed by atoms with Gasteiger partial charge in [0.1, 0.15) is 12.4 Å². The van der Waals surface area contributed by atoms with Crippen LogP contribution in [0.5, 0.6) is 5.75 Å². The molecule has 178 valence electrons. The van der Waals surface area contributed by atoms with Gasteiger partial charge >= 0.3 is 0 Å². The lowest BCUT2D eigenvalue weighted by Crippen LogP contribution is -2.41. The fraction of sp³-hybridized carbons (Fsp3) is 0.304. The summed E-state index contributed by atoms with van der Waals surface area (Å²) in [5.74, 6) is 0.120. The monoisotopic (exact) mass is 501 g/mol. The molecule has 0 spiro atoms. The van der Waals surface area contributed by atoms with E-state index >= 15 is 0 Å². The zero-order chi connectivity index (χ0) is 23.8. The second-order valence-corrected chi connectivity index (χ2v) is 8.98. The molecule has 34 heavy (non-hydrogen) atoms. The van der Waals surface area contributed by atoms with Gasteiger partial charge in [0.2, 0.25) is 5.01 Å². The van der Waals surface area contributed by atoms with E-state index in [2.05, 4.69) is 25.7 Å². The first kappa shape index (κ1) is 24.1. The van der Waals surface area contributed by atoms with Gasteiger partial charge in [-0.25, -0.2) is 0 Å². The summed E-state index contributed by atoms with van der Waals surface area (Å²) in [6.07, 6.45) is 0. The van der Waals surface area contributed by atoms with E-state index in [-0.39, 0.29) is 23.4 Å². The Morgan fingerprint density at radius 3 is 2.50 bits per heavy atom. The maximum atomic E-state index is 12.5. The van der Waals surface area contributed by atoms with Crippen LogP contribution in [-0.2, 0) is 11.3 Å². The van der Waals surface area contributed by atoms with Crippen molar-refractivity contribution in [1.82, 2.24) is 20.4 Å². The Labute approximate surface area is 206 Å². The van der Waals surface area contributed by atoms with Crippen molar-refractivity contribution in [2.75, 3.05) is 44.7 Å². The summed E-state index contributed by atoms with van der Waals surface area (Å²) in [5, 5.41) is 15.0. The van der Waals surface area contributed by atoms with Gasteiger partial charge < -0.3 is 20.1 Å². The number of nitrogens with zero attached hydrogens (tertiary/aromatic N) is 3. The van der Waals surface area contributed by atoms with Crippen molar-refractivity contribution in [3.63, 3.8) is 0 Å². The van der Waals surface area contributed by atoms with Crippen LogP contribution in [0.4, 0.5) is 5.69 Å². The summed E-state index contributed by atoms with van der Waals surface area (Å²) in [7, 11) is 0. The molecule has 2 aromatic carbocycles. The van der Waals surface area contributed by atoms with Crippen molar-refractivity contribution in [1.29, 1.82) is 0 Å². The summed E-state index contributed by atoms with van der Waals surface area (Å²) >= 11 is 7.01. The first-order valence-corrected chi connectivity index (χ1v) is 12.0. The van der Waals surface area contributed by atoms with Gasteiger partial charge in [0.25, 0.3) is 11.8 Å². The van der Waals surface area contributed by atoms with Gasteiger partial charge in [-0.1, -0.05) is 22.9 Å². The van der Waals surface area contributed by atoms with E-state index in [0.29, 0.717) is 33.6 Å². The van der Waals surface area contributed by atoms with Gasteiger partial charge in [-0.2, -0.15) is 0 Å². The Bertz CT molecular complexity index is 1100. The van der Waals surface area contributed by atoms with Crippen LogP contribution in [0.25, 0.3) is 0 Å². The molecule has 0 radical (unpaired) electrons. The molecule has 0 atom stereocenters. The molecule has 2 N–H and O–H groups in total. The molecule has 9 nitrogen and oxygen atoms in total. The highest BCUT2D eigenvalue weighted by molar-refractivity contribution is 7.13. The van der Waals surface area contributed by atoms with Crippen molar-refractivity contribution in [3.8, 4) is 5.75 Å². The second kappa shape index (κ2) is 11.9. The van der Waals surface area contributed by atoms with Crippen LogP contribution in [0.2, 0.25) is 5.02 Å². The number of hydrogen-bond acceptors (Lipinski definition) is 8. The number of aromatic nitrogens is 2. The van der Waals surface area contributed by atoms with E-state index in [1.54, 1.807) is 48.5 Å².